The molecule has 0 aliphatic carbocycles. The van der Waals surface area contributed by atoms with Crippen LogP contribution in [0.25, 0.3) is 15.5 Å². The number of benzene rings is 1. The van der Waals surface area contributed by atoms with Crippen LogP contribution in [0.2, 0.25) is 0 Å². The molecule has 30 heavy (non-hydrogen) atoms. The molecule has 0 saturated carbocycles. The van der Waals surface area contributed by atoms with E-state index in [4.69, 9.17) is 4.74 Å². The predicted octanol–water partition coefficient (Wildman–Crippen LogP) is 3.64. The number of halogens is 1. The predicted molar refractivity (Wildman–Crippen MR) is 120 cm³/mol. The maximum atomic E-state index is 12.6. The van der Waals surface area contributed by atoms with Crippen molar-refractivity contribution in [2.75, 3.05) is 31.1 Å². The minimum absolute atomic E-state index is 0.220. The fraction of sp³-hybridized carbons (Fsp3) is 0.400. The number of rotatable bonds is 2. The molecule has 0 bridgehead atoms. The summed E-state index contributed by atoms with van der Waals surface area (Å²) in [4.78, 5) is 33.8. The summed E-state index contributed by atoms with van der Waals surface area (Å²) in [5.41, 5.74) is 0.183. The second-order valence-corrected chi connectivity index (χ2v) is 9.89. The number of carbonyl (C=O) groups excluding carboxylic acids is 1. The lowest BCUT2D eigenvalue weighted by atomic mass is 10.2. The zero-order valence-electron chi connectivity index (χ0n) is 17.0. The van der Waals surface area contributed by atoms with Crippen LogP contribution in [-0.2, 0) is 4.74 Å². The van der Waals surface area contributed by atoms with E-state index in [2.05, 4.69) is 26.0 Å². The molecule has 10 heteroatoms. The molecule has 0 radical (unpaired) electrons. The standard InChI is InChI=1S/C20H22BrN5O3S/c1-20(2,3)29-19(28)25-9-7-24(8-10-25)15-12-16(27)26-18(22-15)30-17(23-26)13-5-4-6-14(21)11-13/h4-6,11-12H,7-10H2,1-3H3. The van der Waals surface area contributed by atoms with Crippen molar-refractivity contribution in [1.29, 1.82) is 0 Å². The van der Waals surface area contributed by atoms with E-state index in [9.17, 15) is 9.59 Å². The van der Waals surface area contributed by atoms with Gasteiger partial charge in [0.15, 0.2) is 0 Å². The van der Waals surface area contributed by atoms with Crippen molar-refractivity contribution in [1.82, 2.24) is 19.5 Å². The Morgan fingerprint density at radius 1 is 1.17 bits per heavy atom. The first kappa shape index (κ1) is 20.8. The van der Waals surface area contributed by atoms with Gasteiger partial charge in [0.2, 0.25) is 4.96 Å². The Balaban J connectivity index is 1.53. The molecule has 4 rings (SSSR count). The smallest absolute Gasteiger partial charge is 0.410 e. The fourth-order valence-corrected chi connectivity index (χ4v) is 4.44. The molecule has 1 aliphatic rings. The SMILES string of the molecule is CC(C)(C)OC(=O)N1CCN(c2cc(=O)n3nc(-c4cccc(Br)c4)sc3n2)CC1. The molecule has 1 saturated heterocycles. The van der Waals surface area contributed by atoms with E-state index in [0.29, 0.717) is 37.0 Å². The van der Waals surface area contributed by atoms with Crippen molar-refractivity contribution < 1.29 is 9.53 Å². The van der Waals surface area contributed by atoms with Gasteiger partial charge in [0.05, 0.1) is 0 Å². The number of fused-ring (bicyclic) bond motifs is 1. The Hall–Kier alpha value is -2.46. The molecule has 0 spiro atoms. The average molecular weight is 492 g/mol. The Morgan fingerprint density at radius 2 is 1.90 bits per heavy atom. The fourth-order valence-electron chi connectivity index (χ4n) is 3.14. The van der Waals surface area contributed by atoms with Gasteiger partial charge in [-0.3, -0.25) is 4.79 Å². The maximum absolute atomic E-state index is 12.6. The summed E-state index contributed by atoms with van der Waals surface area (Å²) in [6.07, 6.45) is -0.313. The normalized spacial score (nSPS) is 14.9. The van der Waals surface area contributed by atoms with Crippen molar-refractivity contribution in [2.45, 2.75) is 26.4 Å². The van der Waals surface area contributed by atoms with Crippen molar-refractivity contribution in [2.24, 2.45) is 0 Å². The average Bonchev–Trinajstić information content (AvgIpc) is 3.12. The zero-order valence-corrected chi connectivity index (χ0v) is 19.4. The Labute approximate surface area is 186 Å². The van der Waals surface area contributed by atoms with Gasteiger partial charge in [-0.15, -0.1) is 0 Å². The van der Waals surface area contributed by atoms with Gasteiger partial charge in [-0.05, 0) is 32.9 Å². The molecule has 0 atom stereocenters. The van der Waals surface area contributed by atoms with Crippen LogP contribution in [0, 0.1) is 0 Å². The van der Waals surface area contributed by atoms with Gasteiger partial charge in [0, 0.05) is 42.3 Å². The molecule has 3 heterocycles. The largest absolute Gasteiger partial charge is 0.444 e. The molecule has 1 amide bonds. The van der Waals surface area contributed by atoms with E-state index in [-0.39, 0.29) is 11.7 Å². The van der Waals surface area contributed by atoms with E-state index in [0.717, 1.165) is 15.0 Å². The van der Waals surface area contributed by atoms with E-state index in [1.807, 2.05) is 49.9 Å². The highest BCUT2D eigenvalue weighted by Crippen LogP contribution is 2.27. The minimum atomic E-state index is -0.520. The lowest BCUT2D eigenvalue weighted by Crippen LogP contribution is -2.50. The van der Waals surface area contributed by atoms with E-state index in [1.165, 1.54) is 21.9 Å². The van der Waals surface area contributed by atoms with Crippen molar-refractivity contribution in [3.05, 3.63) is 45.2 Å². The van der Waals surface area contributed by atoms with Crippen molar-refractivity contribution in [3.8, 4) is 10.6 Å². The summed E-state index contributed by atoms with van der Waals surface area (Å²) in [6.45, 7) is 7.75. The van der Waals surface area contributed by atoms with E-state index >= 15 is 0 Å². The van der Waals surface area contributed by atoms with Gasteiger partial charge in [0.25, 0.3) is 5.56 Å². The summed E-state index contributed by atoms with van der Waals surface area (Å²) in [7, 11) is 0. The Kier molecular flexibility index (Phi) is 5.54. The van der Waals surface area contributed by atoms with Crippen LogP contribution in [0.3, 0.4) is 0 Å². The van der Waals surface area contributed by atoms with Gasteiger partial charge in [-0.1, -0.05) is 39.4 Å². The lowest BCUT2D eigenvalue weighted by Gasteiger charge is -2.36. The van der Waals surface area contributed by atoms with Crippen LogP contribution < -0.4 is 10.5 Å². The van der Waals surface area contributed by atoms with Gasteiger partial charge >= 0.3 is 6.09 Å². The number of nitrogens with zero attached hydrogens (tertiary/aromatic N) is 5. The summed E-state index contributed by atoms with van der Waals surface area (Å²) in [5.74, 6) is 0.605. The highest BCUT2D eigenvalue weighted by Gasteiger charge is 2.26. The number of hydrogen-bond acceptors (Lipinski definition) is 7. The molecule has 8 nitrogen and oxygen atoms in total. The highest BCUT2D eigenvalue weighted by molar-refractivity contribution is 9.10. The number of aromatic nitrogens is 3. The van der Waals surface area contributed by atoms with Crippen LogP contribution in [0.1, 0.15) is 20.8 Å². The molecular weight excluding hydrogens is 470 g/mol. The highest BCUT2D eigenvalue weighted by atomic mass is 79.9. The van der Waals surface area contributed by atoms with Crippen LogP contribution in [0.4, 0.5) is 10.6 Å². The third kappa shape index (κ3) is 4.49. The van der Waals surface area contributed by atoms with Crippen LogP contribution >= 0.6 is 27.3 Å². The molecular formula is C20H22BrN5O3S. The second kappa shape index (κ2) is 7.99. The topological polar surface area (TPSA) is 80.0 Å². The number of ether oxygens (including phenoxy) is 1. The van der Waals surface area contributed by atoms with Crippen LogP contribution in [-0.4, -0.2) is 57.4 Å². The molecule has 0 unspecified atom stereocenters. The van der Waals surface area contributed by atoms with Crippen molar-refractivity contribution in [3.63, 3.8) is 0 Å². The van der Waals surface area contributed by atoms with Gasteiger partial charge < -0.3 is 14.5 Å². The maximum Gasteiger partial charge on any atom is 0.410 e. The van der Waals surface area contributed by atoms with E-state index < -0.39 is 5.60 Å². The third-order valence-electron chi connectivity index (χ3n) is 4.56. The zero-order chi connectivity index (χ0) is 21.5. The minimum Gasteiger partial charge on any atom is -0.444 e. The molecule has 1 aliphatic heterocycles. The number of amides is 1. The summed E-state index contributed by atoms with van der Waals surface area (Å²) < 4.78 is 7.72. The Bertz CT molecular complexity index is 1150. The second-order valence-electron chi connectivity index (χ2n) is 8.02. The van der Waals surface area contributed by atoms with Crippen molar-refractivity contribution >= 4 is 44.1 Å². The first-order valence-electron chi connectivity index (χ1n) is 9.59. The summed E-state index contributed by atoms with van der Waals surface area (Å²) in [5, 5.41) is 5.16. The monoisotopic (exact) mass is 491 g/mol. The van der Waals surface area contributed by atoms with Crippen LogP contribution in [0.15, 0.2) is 39.6 Å². The summed E-state index contributed by atoms with van der Waals surface area (Å²) in [6, 6.07) is 9.28. The quantitative estimate of drug-likeness (QED) is 0.544. The first-order chi connectivity index (χ1) is 14.2. The molecule has 2 aromatic heterocycles. The van der Waals surface area contributed by atoms with Crippen LogP contribution in [0.5, 0.6) is 0 Å². The third-order valence-corrected chi connectivity index (χ3v) is 6.01. The number of hydrogen-bond donors (Lipinski definition) is 0. The molecule has 1 aromatic carbocycles. The number of anilines is 1. The van der Waals surface area contributed by atoms with Gasteiger partial charge in [-0.2, -0.15) is 9.61 Å². The molecule has 1 fully saturated rings. The van der Waals surface area contributed by atoms with E-state index in [1.54, 1.807) is 4.90 Å². The molecule has 0 N–H and O–H groups in total. The summed E-state index contributed by atoms with van der Waals surface area (Å²) >= 11 is 4.83. The molecule has 158 valence electrons. The van der Waals surface area contributed by atoms with Gasteiger partial charge in [-0.25, -0.2) is 9.78 Å². The lowest BCUT2D eigenvalue weighted by molar-refractivity contribution is 0.0240. The molecule has 3 aromatic rings. The first-order valence-corrected chi connectivity index (χ1v) is 11.2. The number of piperazine rings is 1. The Morgan fingerprint density at radius 3 is 2.57 bits per heavy atom. The number of carbonyl (C=O) groups is 1. The van der Waals surface area contributed by atoms with Gasteiger partial charge in [0.1, 0.15) is 16.4 Å².